The first-order chi connectivity index (χ1) is 12.8. The second-order valence-corrected chi connectivity index (χ2v) is 8.01. The van der Waals surface area contributed by atoms with Gasteiger partial charge in [-0.2, -0.15) is 0 Å². The minimum absolute atomic E-state index is 0.0847. The van der Waals surface area contributed by atoms with Gasteiger partial charge in [0.2, 0.25) is 10.0 Å². The Morgan fingerprint density at radius 1 is 1.07 bits per heavy atom. The summed E-state index contributed by atoms with van der Waals surface area (Å²) in [6.45, 7) is 3.95. The van der Waals surface area contributed by atoms with E-state index in [2.05, 4.69) is 15.3 Å². The van der Waals surface area contributed by atoms with Crippen molar-refractivity contribution in [3.8, 4) is 0 Å². The fourth-order valence-electron chi connectivity index (χ4n) is 2.98. The maximum Gasteiger partial charge on any atom is 0.335 e. The maximum atomic E-state index is 11.3. The van der Waals surface area contributed by atoms with E-state index in [1.165, 1.54) is 12.1 Å². The Morgan fingerprint density at radius 2 is 1.74 bits per heavy atom. The zero-order chi connectivity index (χ0) is 19.4. The molecule has 0 atom stereocenters. The zero-order valence-corrected chi connectivity index (χ0v) is 15.5. The molecule has 4 N–H and O–H groups in total. The Morgan fingerprint density at radius 3 is 2.33 bits per heavy atom. The van der Waals surface area contributed by atoms with Gasteiger partial charge >= 0.3 is 5.97 Å². The van der Waals surface area contributed by atoms with Gasteiger partial charge in [-0.25, -0.2) is 23.4 Å². The molecule has 0 spiro atoms. The van der Waals surface area contributed by atoms with Gasteiger partial charge in [-0.05, 0) is 42.0 Å². The highest BCUT2D eigenvalue weighted by atomic mass is 32.2. The van der Waals surface area contributed by atoms with Crippen LogP contribution >= 0.6 is 0 Å². The average Bonchev–Trinajstić information content (AvgIpc) is 2.63. The number of anilines is 1. The molecule has 0 aromatic heterocycles. The van der Waals surface area contributed by atoms with Crippen LogP contribution in [0, 0.1) is 0 Å². The number of hydrogen-bond acceptors (Lipinski definition) is 6. The first-order valence-electron chi connectivity index (χ1n) is 8.50. The van der Waals surface area contributed by atoms with Crippen molar-refractivity contribution in [2.24, 2.45) is 5.14 Å². The molecule has 0 aliphatic carbocycles. The third kappa shape index (κ3) is 5.27. The number of nitrogens with one attached hydrogen (secondary N) is 1. The number of sulfonamides is 1. The molecular formula is C18H22N4O4S. The Kier molecular flexibility index (Phi) is 5.76. The average molecular weight is 390 g/mol. The third-order valence-electron chi connectivity index (χ3n) is 4.42. The largest absolute Gasteiger partial charge is 0.478 e. The molecule has 2 aromatic carbocycles. The lowest BCUT2D eigenvalue weighted by molar-refractivity contribution is 0.0696. The zero-order valence-electron chi connectivity index (χ0n) is 14.7. The molecule has 3 rings (SSSR count). The standard InChI is InChI=1S/C18H22N4O4S/c19-27(25,26)17-6-4-16(5-7-17)20-22-10-8-21(9-11-22)13-14-2-1-3-15(12-14)18(23)24/h1-7,12,20H,8-11,13H2,(H,23,24)(H2,19,25,26). The third-order valence-corrected chi connectivity index (χ3v) is 5.35. The Bertz CT molecular complexity index is 907. The van der Waals surface area contributed by atoms with Crippen LogP contribution in [-0.4, -0.2) is 55.6 Å². The fourth-order valence-corrected chi connectivity index (χ4v) is 3.50. The lowest BCUT2D eigenvalue weighted by Gasteiger charge is -2.35. The summed E-state index contributed by atoms with van der Waals surface area (Å²) in [5.74, 6) is -0.917. The van der Waals surface area contributed by atoms with Crippen molar-refractivity contribution < 1.29 is 18.3 Å². The number of benzene rings is 2. The molecule has 8 nitrogen and oxygen atoms in total. The van der Waals surface area contributed by atoms with Crippen LogP contribution < -0.4 is 10.6 Å². The molecule has 0 unspecified atom stereocenters. The van der Waals surface area contributed by atoms with Gasteiger partial charge in [0, 0.05) is 38.4 Å². The number of carbonyl (C=O) groups is 1. The van der Waals surface area contributed by atoms with Gasteiger partial charge in [0.25, 0.3) is 0 Å². The van der Waals surface area contributed by atoms with Crippen LogP contribution in [0.25, 0.3) is 0 Å². The minimum atomic E-state index is -3.68. The van der Waals surface area contributed by atoms with E-state index in [0.717, 1.165) is 37.4 Å². The number of hydrogen-bond donors (Lipinski definition) is 3. The summed E-state index contributed by atoms with van der Waals surface area (Å²) in [4.78, 5) is 13.4. The molecule has 1 saturated heterocycles. The van der Waals surface area contributed by atoms with Crippen molar-refractivity contribution in [2.75, 3.05) is 31.6 Å². The SMILES string of the molecule is NS(=O)(=O)c1ccc(NN2CCN(Cc3cccc(C(=O)O)c3)CC2)cc1. The van der Waals surface area contributed by atoms with Crippen LogP contribution in [0.3, 0.4) is 0 Å². The number of primary sulfonamides is 1. The smallest absolute Gasteiger partial charge is 0.335 e. The van der Waals surface area contributed by atoms with Crippen molar-refractivity contribution in [1.82, 2.24) is 9.91 Å². The molecule has 1 aliphatic heterocycles. The van der Waals surface area contributed by atoms with Crippen molar-refractivity contribution in [3.05, 3.63) is 59.7 Å². The highest BCUT2D eigenvalue weighted by Gasteiger charge is 2.17. The van der Waals surface area contributed by atoms with Gasteiger partial charge < -0.3 is 10.5 Å². The predicted molar refractivity (Wildman–Crippen MR) is 102 cm³/mol. The Hall–Kier alpha value is -2.46. The van der Waals surface area contributed by atoms with Crippen LogP contribution in [-0.2, 0) is 16.6 Å². The number of hydrazine groups is 1. The second kappa shape index (κ2) is 8.05. The summed E-state index contributed by atoms with van der Waals surface area (Å²) in [7, 11) is -3.68. The van der Waals surface area contributed by atoms with Crippen LogP contribution in [0.5, 0.6) is 0 Å². The van der Waals surface area contributed by atoms with Gasteiger partial charge in [0.1, 0.15) is 0 Å². The van der Waals surface area contributed by atoms with Crippen LogP contribution in [0.4, 0.5) is 5.69 Å². The normalized spacial score (nSPS) is 16.2. The van der Waals surface area contributed by atoms with E-state index in [9.17, 15) is 13.2 Å². The van der Waals surface area contributed by atoms with Gasteiger partial charge in [-0.15, -0.1) is 0 Å². The summed E-state index contributed by atoms with van der Waals surface area (Å²) in [6, 6.07) is 13.3. The molecule has 1 aliphatic rings. The molecule has 9 heteroatoms. The number of carboxylic acid groups (broad SMARTS) is 1. The van der Waals surface area contributed by atoms with E-state index in [-0.39, 0.29) is 4.90 Å². The highest BCUT2D eigenvalue weighted by molar-refractivity contribution is 7.89. The number of rotatable bonds is 6. The fraction of sp³-hybridized carbons (Fsp3) is 0.278. The summed E-state index contributed by atoms with van der Waals surface area (Å²) in [5.41, 5.74) is 5.34. The molecule has 0 radical (unpaired) electrons. The quantitative estimate of drug-likeness (QED) is 0.678. The van der Waals surface area contributed by atoms with Crippen molar-refractivity contribution >= 4 is 21.7 Å². The minimum Gasteiger partial charge on any atom is -0.478 e. The number of aromatic carboxylic acids is 1. The molecule has 1 heterocycles. The molecule has 0 saturated carbocycles. The second-order valence-electron chi connectivity index (χ2n) is 6.45. The maximum absolute atomic E-state index is 11.3. The number of piperazine rings is 1. The van der Waals surface area contributed by atoms with Crippen LogP contribution in [0.2, 0.25) is 0 Å². The first kappa shape index (κ1) is 19.3. The van der Waals surface area contributed by atoms with Crippen molar-refractivity contribution in [1.29, 1.82) is 0 Å². The Balaban J connectivity index is 1.52. The van der Waals surface area contributed by atoms with Gasteiger partial charge in [-0.1, -0.05) is 12.1 Å². The molecule has 144 valence electrons. The summed E-state index contributed by atoms with van der Waals surface area (Å²) >= 11 is 0. The molecule has 27 heavy (non-hydrogen) atoms. The molecule has 0 bridgehead atoms. The predicted octanol–water partition coefficient (Wildman–Crippen LogP) is 1.18. The van der Waals surface area contributed by atoms with E-state index < -0.39 is 16.0 Å². The van der Waals surface area contributed by atoms with Crippen LogP contribution in [0.15, 0.2) is 53.4 Å². The van der Waals surface area contributed by atoms with E-state index >= 15 is 0 Å². The van der Waals surface area contributed by atoms with Crippen LogP contribution in [0.1, 0.15) is 15.9 Å². The number of nitrogens with two attached hydrogens (primary N) is 1. The summed E-state index contributed by atoms with van der Waals surface area (Å²) in [6.07, 6.45) is 0. The van der Waals surface area contributed by atoms with Gasteiger partial charge in [0.05, 0.1) is 10.5 Å². The van der Waals surface area contributed by atoms with Gasteiger partial charge in [0.15, 0.2) is 0 Å². The number of carboxylic acids is 1. The van der Waals surface area contributed by atoms with Crippen molar-refractivity contribution in [3.63, 3.8) is 0 Å². The lowest BCUT2D eigenvalue weighted by atomic mass is 10.1. The van der Waals surface area contributed by atoms with E-state index in [1.807, 2.05) is 6.07 Å². The first-order valence-corrected chi connectivity index (χ1v) is 10.0. The summed E-state index contributed by atoms with van der Waals surface area (Å²) < 4.78 is 22.6. The Labute approximate surface area is 158 Å². The summed E-state index contributed by atoms with van der Waals surface area (Å²) in [5, 5.41) is 16.2. The lowest BCUT2D eigenvalue weighted by Crippen LogP contribution is -2.48. The molecule has 0 amide bonds. The monoisotopic (exact) mass is 390 g/mol. The topological polar surface area (TPSA) is 116 Å². The van der Waals surface area contributed by atoms with E-state index in [1.54, 1.807) is 30.3 Å². The van der Waals surface area contributed by atoms with E-state index in [0.29, 0.717) is 12.1 Å². The molecule has 1 fully saturated rings. The molecule has 2 aromatic rings. The number of nitrogens with zero attached hydrogens (tertiary/aromatic N) is 2. The van der Waals surface area contributed by atoms with Gasteiger partial charge in [-0.3, -0.25) is 4.90 Å². The highest BCUT2D eigenvalue weighted by Crippen LogP contribution is 2.15. The van der Waals surface area contributed by atoms with E-state index in [4.69, 9.17) is 10.2 Å². The van der Waals surface area contributed by atoms with Crippen molar-refractivity contribution in [2.45, 2.75) is 11.4 Å². The molecular weight excluding hydrogens is 368 g/mol.